The van der Waals surface area contributed by atoms with Gasteiger partial charge in [0.1, 0.15) is 24.7 Å². The molecule has 0 spiro atoms. The quantitative estimate of drug-likeness (QED) is 0.358. The molecule has 35 heavy (non-hydrogen) atoms. The van der Waals surface area contributed by atoms with E-state index in [9.17, 15) is 9.59 Å². The van der Waals surface area contributed by atoms with E-state index in [4.69, 9.17) is 21.7 Å². The number of thiocarbonyl (C=S) groups is 1. The molecule has 4 rings (SSSR count). The minimum absolute atomic E-state index is 0.00930. The van der Waals surface area contributed by atoms with Crippen LogP contribution in [0.15, 0.2) is 78.9 Å². The average Bonchev–Trinajstić information content (AvgIpc) is 3.42. The summed E-state index contributed by atoms with van der Waals surface area (Å²) in [6, 6.07) is 23.4. The molecule has 7 nitrogen and oxygen atoms in total. The fourth-order valence-electron chi connectivity index (χ4n) is 3.71. The number of rotatable bonds is 8. The summed E-state index contributed by atoms with van der Waals surface area (Å²) >= 11 is 5.29. The normalized spacial score (nSPS) is 12.6. The summed E-state index contributed by atoms with van der Waals surface area (Å²) in [6.07, 6.45) is 2.07. The van der Waals surface area contributed by atoms with Gasteiger partial charge in [-0.25, -0.2) is 0 Å². The van der Waals surface area contributed by atoms with Crippen LogP contribution in [-0.4, -0.2) is 48.1 Å². The zero-order chi connectivity index (χ0) is 24.5. The predicted octanol–water partition coefficient (Wildman–Crippen LogP) is 4.51. The van der Waals surface area contributed by atoms with Crippen molar-refractivity contribution in [2.75, 3.05) is 31.6 Å². The molecule has 1 aliphatic heterocycles. The first-order chi connectivity index (χ1) is 17.1. The molecule has 0 aromatic heterocycles. The van der Waals surface area contributed by atoms with Gasteiger partial charge in [0.25, 0.3) is 11.8 Å². The topological polar surface area (TPSA) is 79.9 Å². The smallest absolute Gasteiger partial charge is 0.257 e. The molecular formula is C27H27N3O4S. The Morgan fingerprint density at radius 1 is 0.800 bits per heavy atom. The molecule has 1 heterocycles. The van der Waals surface area contributed by atoms with E-state index >= 15 is 0 Å². The summed E-state index contributed by atoms with van der Waals surface area (Å²) in [5.41, 5.74) is 1.68. The van der Waals surface area contributed by atoms with Crippen LogP contribution in [0.4, 0.5) is 5.69 Å². The third kappa shape index (κ3) is 7.04. The highest BCUT2D eigenvalue weighted by Crippen LogP contribution is 2.17. The fraction of sp³-hybridized carbons (Fsp3) is 0.222. The van der Waals surface area contributed by atoms with Crippen molar-refractivity contribution in [2.45, 2.75) is 12.8 Å². The molecular weight excluding hydrogens is 462 g/mol. The fourth-order valence-corrected chi connectivity index (χ4v) is 3.92. The van der Waals surface area contributed by atoms with E-state index in [-0.39, 0.29) is 16.9 Å². The standard InChI is InChI=1S/C27H27N3O4S/c31-25(20-11-13-24(14-12-20)34-18-17-33-23-9-2-1-3-10-23)29-27(35)28-22-8-6-7-21(19-22)26(32)30-15-4-5-16-30/h1-3,6-14,19H,4-5,15-18H2,(H2,28,29,31,35). The van der Waals surface area contributed by atoms with Crippen molar-refractivity contribution in [3.8, 4) is 11.5 Å². The van der Waals surface area contributed by atoms with Crippen molar-refractivity contribution in [3.63, 3.8) is 0 Å². The number of anilines is 1. The molecule has 2 N–H and O–H groups in total. The number of benzene rings is 3. The Kier molecular flexibility index (Phi) is 8.30. The van der Waals surface area contributed by atoms with E-state index < -0.39 is 0 Å². The third-order valence-electron chi connectivity index (χ3n) is 5.47. The number of para-hydroxylation sites is 1. The Balaban J connectivity index is 1.23. The summed E-state index contributed by atoms with van der Waals surface area (Å²) in [4.78, 5) is 27.0. The second-order valence-electron chi connectivity index (χ2n) is 8.02. The van der Waals surface area contributed by atoms with Gasteiger partial charge in [0.15, 0.2) is 5.11 Å². The molecule has 0 bridgehead atoms. The monoisotopic (exact) mass is 489 g/mol. The third-order valence-corrected chi connectivity index (χ3v) is 5.67. The largest absolute Gasteiger partial charge is 0.490 e. The summed E-state index contributed by atoms with van der Waals surface area (Å²) in [7, 11) is 0. The molecule has 0 unspecified atom stereocenters. The maximum absolute atomic E-state index is 12.6. The summed E-state index contributed by atoms with van der Waals surface area (Å²) in [5.74, 6) is 1.09. The molecule has 0 radical (unpaired) electrons. The van der Waals surface area contributed by atoms with Crippen molar-refractivity contribution in [1.82, 2.24) is 10.2 Å². The Morgan fingerprint density at radius 2 is 1.46 bits per heavy atom. The number of likely N-dealkylation sites (tertiary alicyclic amines) is 1. The van der Waals surface area contributed by atoms with E-state index in [1.54, 1.807) is 48.5 Å². The lowest BCUT2D eigenvalue weighted by molar-refractivity contribution is 0.0792. The summed E-state index contributed by atoms with van der Waals surface area (Å²) < 4.78 is 11.3. The van der Waals surface area contributed by atoms with E-state index in [0.717, 1.165) is 31.7 Å². The van der Waals surface area contributed by atoms with Crippen LogP contribution in [0.1, 0.15) is 33.6 Å². The van der Waals surface area contributed by atoms with Gasteiger partial charge in [-0.15, -0.1) is 0 Å². The first kappa shape index (κ1) is 24.2. The molecule has 3 aromatic carbocycles. The minimum atomic E-state index is -0.342. The number of amides is 2. The van der Waals surface area contributed by atoms with Crippen molar-refractivity contribution in [2.24, 2.45) is 0 Å². The number of hydrogen-bond acceptors (Lipinski definition) is 5. The van der Waals surface area contributed by atoms with Crippen molar-refractivity contribution in [3.05, 3.63) is 90.0 Å². The molecule has 1 saturated heterocycles. The number of carbonyl (C=O) groups excluding carboxylic acids is 2. The van der Waals surface area contributed by atoms with Crippen LogP contribution < -0.4 is 20.1 Å². The molecule has 0 saturated carbocycles. The molecule has 0 atom stereocenters. The Hall–Kier alpha value is -3.91. The van der Waals surface area contributed by atoms with Crippen molar-refractivity contribution >= 4 is 34.8 Å². The Labute approximate surface area is 210 Å². The van der Waals surface area contributed by atoms with Gasteiger partial charge >= 0.3 is 0 Å². The maximum atomic E-state index is 12.6. The van der Waals surface area contributed by atoms with E-state index in [2.05, 4.69) is 10.6 Å². The second kappa shape index (κ2) is 12.0. The van der Waals surface area contributed by atoms with Gasteiger partial charge < -0.3 is 19.7 Å². The molecule has 3 aromatic rings. The summed E-state index contributed by atoms with van der Waals surface area (Å²) in [6.45, 7) is 2.37. The number of hydrogen-bond donors (Lipinski definition) is 2. The highest BCUT2D eigenvalue weighted by molar-refractivity contribution is 7.80. The second-order valence-corrected chi connectivity index (χ2v) is 8.43. The number of nitrogens with zero attached hydrogens (tertiary/aromatic N) is 1. The van der Waals surface area contributed by atoms with Crippen LogP contribution in [-0.2, 0) is 0 Å². The van der Waals surface area contributed by atoms with Crippen LogP contribution in [0.25, 0.3) is 0 Å². The minimum Gasteiger partial charge on any atom is -0.490 e. The number of carbonyl (C=O) groups is 2. The number of ether oxygens (including phenoxy) is 2. The van der Waals surface area contributed by atoms with E-state index in [1.165, 1.54) is 0 Å². The van der Waals surface area contributed by atoms with E-state index in [0.29, 0.717) is 35.8 Å². The zero-order valence-corrected chi connectivity index (χ0v) is 20.1. The van der Waals surface area contributed by atoms with Gasteiger partial charge in [0.2, 0.25) is 0 Å². The lowest BCUT2D eigenvalue weighted by atomic mass is 10.2. The van der Waals surface area contributed by atoms with Crippen LogP contribution in [0.2, 0.25) is 0 Å². The molecule has 0 aliphatic carbocycles. The maximum Gasteiger partial charge on any atom is 0.257 e. The Bertz CT molecular complexity index is 1160. The van der Waals surface area contributed by atoms with Gasteiger partial charge in [0.05, 0.1) is 0 Å². The Morgan fingerprint density at radius 3 is 2.14 bits per heavy atom. The first-order valence-electron chi connectivity index (χ1n) is 11.5. The average molecular weight is 490 g/mol. The number of nitrogens with one attached hydrogen (secondary N) is 2. The van der Waals surface area contributed by atoms with Crippen molar-refractivity contribution in [1.29, 1.82) is 0 Å². The zero-order valence-electron chi connectivity index (χ0n) is 19.2. The summed E-state index contributed by atoms with van der Waals surface area (Å²) in [5, 5.41) is 5.79. The highest BCUT2D eigenvalue weighted by Gasteiger charge is 2.19. The molecule has 1 fully saturated rings. The van der Waals surface area contributed by atoms with Gasteiger partial charge in [-0.3, -0.25) is 14.9 Å². The lowest BCUT2D eigenvalue weighted by Crippen LogP contribution is -2.34. The van der Waals surface area contributed by atoms with Crippen LogP contribution in [0.5, 0.6) is 11.5 Å². The molecule has 8 heteroatoms. The lowest BCUT2D eigenvalue weighted by Gasteiger charge is -2.16. The predicted molar refractivity (Wildman–Crippen MR) is 139 cm³/mol. The van der Waals surface area contributed by atoms with Gasteiger partial charge in [0, 0.05) is 29.9 Å². The van der Waals surface area contributed by atoms with Crippen LogP contribution >= 0.6 is 12.2 Å². The van der Waals surface area contributed by atoms with Gasteiger partial charge in [-0.05, 0) is 79.7 Å². The SMILES string of the molecule is O=C(NC(=S)Nc1cccc(C(=O)N2CCCC2)c1)c1ccc(OCCOc2ccccc2)cc1. The van der Waals surface area contributed by atoms with Gasteiger partial charge in [-0.2, -0.15) is 0 Å². The van der Waals surface area contributed by atoms with Crippen LogP contribution in [0.3, 0.4) is 0 Å². The molecule has 1 aliphatic rings. The highest BCUT2D eigenvalue weighted by atomic mass is 32.1. The molecule has 180 valence electrons. The van der Waals surface area contributed by atoms with E-state index in [1.807, 2.05) is 35.2 Å². The van der Waals surface area contributed by atoms with Gasteiger partial charge in [-0.1, -0.05) is 24.3 Å². The van der Waals surface area contributed by atoms with Crippen molar-refractivity contribution < 1.29 is 19.1 Å². The first-order valence-corrected chi connectivity index (χ1v) is 11.9. The van der Waals surface area contributed by atoms with Crippen LogP contribution in [0, 0.1) is 0 Å². The molecule has 2 amide bonds.